The van der Waals surface area contributed by atoms with Gasteiger partial charge in [0.15, 0.2) is 0 Å². The molecule has 4 nitrogen and oxygen atoms in total. The number of nitrogens with zero attached hydrogens (tertiary/aromatic N) is 2. The van der Waals surface area contributed by atoms with E-state index in [0.717, 1.165) is 31.8 Å². The van der Waals surface area contributed by atoms with E-state index in [1.54, 1.807) is 0 Å². The molecule has 2 heterocycles. The number of alkyl halides is 1. The molecule has 16 heavy (non-hydrogen) atoms. The fourth-order valence-corrected chi connectivity index (χ4v) is 2.22. The first-order valence-electron chi connectivity index (χ1n) is 5.85. The fourth-order valence-electron chi connectivity index (χ4n) is 2.03. The lowest BCUT2D eigenvalue weighted by Gasteiger charge is -2.12. The van der Waals surface area contributed by atoms with E-state index in [0.29, 0.717) is 5.89 Å². The van der Waals surface area contributed by atoms with E-state index in [1.807, 2.05) is 0 Å². The third kappa shape index (κ3) is 2.30. The summed E-state index contributed by atoms with van der Waals surface area (Å²) in [5.41, 5.74) is 0. The van der Waals surface area contributed by atoms with Gasteiger partial charge in [0.05, 0.1) is 16.8 Å². The third-order valence-electron chi connectivity index (χ3n) is 3.01. The molecule has 1 aromatic rings. The lowest BCUT2D eigenvalue weighted by atomic mass is 10.00. The van der Waals surface area contributed by atoms with Crippen molar-refractivity contribution in [3.63, 3.8) is 0 Å². The Bertz CT molecular complexity index is 342. The molecule has 3 atom stereocenters. The zero-order chi connectivity index (χ0) is 11.5. The SMILES string of the molecule is CCC(Br)c1nnc(C2CCOC2CC)o1. The van der Waals surface area contributed by atoms with Crippen LogP contribution in [0.3, 0.4) is 0 Å². The Labute approximate surface area is 104 Å². The quantitative estimate of drug-likeness (QED) is 0.799. The van der Waals surface area contributed by atoms with Crippen LogP contribution in [-0.4, -0.2) is 22.9 Å². The number of aromatic nitrogens is 2. The summed E-state index contributed by atoms with van der Waals surface area (Å²) in [6, 6.07) is 0. The van der Waals surface area contributed by atoms with E-state index in [2.05, 4.69) is 40.0 Å². The Morgan fingerprint density at radius 1 is 1.44 bits per heavy atom. The number of ether oxygens (including phenoxy) is 1. The van der Waals surface area contributed by atoms with Crippen molar-refractivity contribution in [1.82, 2.24) is 10.2 Å². The van der Waals surface area contributed by atoms with E-state index in [4.69, 9.17) is 9.15 Å². The molecule has 0 saturated carbocycles. The minimum atomic E-state index is 0.163. The van der Waals surface area contributed by atoms with Crippen molar-refractivity contribution in [3.05, 3.63) is 11.8 Å². The lowest BCUT2D eigenvalue weighted by Crippen LogP contribution is -2.13. The molecule has 1 aromatic heterocycles. The van der Waals surface area contributed by atoms with Crippen LogP contribution in [0, 0.1) is 0 Å². The zero-order valence-electron chi connectivity index (χ0n) is 9.65. The summed E-state index contributed by atoms with van der Waals surface area (Å²) < 4.78 is 11.3. The van der Waals surface area contributed by atoms with Crippen LogP contribution in [-0.2, 0) is 4.74 Å². The van der Waals surface area contributed by atoms with Crippen LogP contribution >= 0.6 is 15.9 Å². The molecule has 5 heteroatoms. The van der Waals surface area contributed by atoms with E-state index in [1.165, 1.54) is 0 Å². The number of rotatable bonds is 4. The van der Waals surface area contributed by atoms with Crippen molar-refractivity contribution in [1.29, 1.82) is 0 Å². The van der Waals surface area contributed by atoms with Crippen molar-refractivity contribution in [3.8, 4) is 0 Å². The van der Waals surface area contributed by atoms with Gasteiger partial charge < -0.3 is 9.15 Å². The highest BCUT2D eigenvalue weighted by Crippen LogP contribution is 2.34. The van der Waals surface area contributed by atoms with Crippen molar-refractivity contribution >= 4 is 15.9 Å². The van der Waals surface area contributed by atoms with Crippen LogP contribution < -0.4 is 0 Å². The van der Waals surface area contributed by atoms with E-state index < -0.39 is 0 Å². The summed E-state index contributed by atoms with van der Waals surface area (Å²) >= 11 is 3.51. The molecule has 2 rings (SSSR count). The first kappa shape index (κ1) is 12.0. The second kappa shape index (κ2) is 5.27. The zero-order valence-corrected chi connectivity index (χ0v) is 11.2. The first-order chi connectivity index (χ1) is 7.76. The minimum Gasteiger partial charge on any atom is -0.424 e. The largest absolute Gasteiger partial charge is 0.424 e. The lowest BCUT2D eigenvalue weighted by molar-refractivity contribution is 0.0963. The highest BCUT2D eigenvalue weighted by Gasteiger charge is 2.32. The maximum Gasteiger partial charge on any atom is 0.230 e. The molecule has 3 unspecified atom stereocenters. The molecule has 0 amide bonds. The van der Waals surface area contributed by atoms with Gasteiger partial charge in [-0.05, 0) is 19.3 Å². The van der Waals surface area contributed by atoms with Crippen molar-refractivity contribution in [2.24, 2.45) is 0 Å². The molecule has 0 bridgehead atoms. The van der Waals surface area contributed by atoms with Gasteiger partial charge in [0.1, 0.15) is 0 Å². The van der Waals surface area contributed by atoms with Gasteiger partial charge in [-0.1, -0.05) is 29.8 Å². The molecule has 0 N–H and O–H groups in total. The molecule has 1 saturated heterocycles. The molecule has 0 aliphatic carbocycles. The molecule has 0 aromatic carbocycles. The van der Waals surface area contributed by atoms with E-state index in [-0.39, 0.29) is 16.8 Å². The molecule has 0 radical (unpaired) electrons. The first-order valence-corrected chi connectivity index (χ1v) is 6.76. The Kier molecular flexibility index (Phi) is 3.97. The Balaban J connectivity index is 2.12. The summed E-state index contributed by atoms with van der Waals surface area (Å²) in [5.74, 6) is 1.69. The van der Waals surface area contributed by atoms with Gasteiger partial charge in [0.25, 0.3) is 0 Å². The Morgan fingerprint density at radius 3 is 2.94 bits per heavy atom. The summed E-state index contributed by atoms with van der Waals surface area (Å²) in [6.45, 7) is 5.00. The molecule has 1 aliphatic heterocycles. The summed E-state index contributed by atoms with van der Waals surface area (Å²) in [6.07, 6.45) is 3.16. The van der Waals surface area contributed by atoms with Crippen molar-refractivity contribution in [2.75, 3.05) is 6.61 Å². The van der Waals surface area contributed by atoms with Gasteiger partial charge in [0.2, 0.25) is 11.8 Å². The molecule has 0 spiro atoms. The summed E-state index contributed by atoms with van der Waals surface area (Å²) in [5, 5.41) is 8.22. The molecule has 1 fully saturated rings. The average Bonchev–Trinajstić information content (AvgIpc) is 2.95. The van der Waals surface area contributed by atoms with Gasteiger partial charge in [-0.15, -0.1) is 10.2 Å². The predicted octanol–water partition coefficient (Wildman–Crippen LogP) is 3.20. The summed E-state index contributed by atoms with van der Waals surface area (Å²) in [7, 11) is 0. The predicted molar refractivity (Wildman–Crippen MR) is 63.6 cm³/mol. The van der Waals surface area contributed by atoms with Crippen LogP contribution in [0.4, 0.5) is 0 Å². The second-order valence-electron chi connectivity index (χ2n) is 4.07. The number of hydrogen-bond acceptors (Lipinski definition) is 4. The second-order valence-corrected chi connectivity index (χ2v) is 5.17. The maximum absolute atomic E-state index is 5.70. The molecule has 1 aliphatic rings. The molecule has 90 valence electrons. The van der Waals surface area contributed by atoms with Crippen molar-refractivity contribution < 1.29 is 9.15 Å². The van der Waals surface area contributed by atoms with Crippen LogP contribution in [0.25, 0.3) is 0 Å². The third-order valence-corrected chi connectivity index (χ3v) is 4.05. The van der Waals surface area contributed by atoms with Crippen LogP contribution in [0.5, 0.6) is 0 Å². The average molecular weight is 289 g/mol. The standard InChI is InChI=1S/C11H17BrN2O2/c1-3-8(12)11-14-13-10(16-11)7-5-6-15-9(7)4-2/h7-9H,3-6H2,1-2H3. The van der Waals surface area contributed by atoms with Gasteiger partial charge >= 0.3 is 0 Å². The monoisotopic (exact) mass is 288 g/mol. The topological polar surface area (TPSA) is 48.2 Å². The Hall–Kier alpha value is -0.420. The van der Waals surface area contributed by atoms with Crippen LogP contribution in [0.2, 0.25) is 0 Å². The van der Waals surface area contributed by atoms with Gasteiger partial charge in [-0.25, -0.2) is 0 Å². The maximum atomic E-state index is 5.70. The fraction of sp³-hybridized carbons (Fsp3) is 0.818. The number of hydrogen-bond donors (Lipinski definition) is 0. The summed E-state index contributed by atoms with van der Waals surface area (Å²) in [4.78, 5) is 0.163. The Morgan fingerprint density at radius 2 is 2.25 bits per heavy atom. The molecular formula is C11H17BrN2O2. The normalized spacial score (nSPS) is 27.2. The van der Waals surface area contributed by atoms with E-state index >= 15 is 0 Å². The van der Waals surface area contributed by atoms with Crippen molar-refractivity contribution in [2.45, 2.75) is 50.0 Å². The smallest absolute Gasteiger partial charge is 0.230 e. The van der Waals surface area contributed by atoms with Gasteiger partial charge in [-0.2, -0.15) is 0 Å². The van der Waals surface area contributed by atoms with Crippen LogP contribution in [0.1, 0.15) is 55.6 Å². The highest BCUT2D eigenvalue weighted by molar-refractivity contribution is 9.09. The van der Waals surface area contributed by atoms with E-state index in [9.17, 15) is 0 Å². The minimum absolute atomic E-state index is 0.163. The van der Waals surface area contributed by atoms with Gasteiger partial charge in [0, 0.05) is 6.61 Å². The highest BCUT2D eigenvalue weighted by atomic mass is 79.9. The van der Waals surface area contributed by atoms with Gasteiger partial charge in [-0.3, -0.25) is 0 Å². The molecular weight excluding hydrogens is 272 g/mol. The number of halogens is 1. The van der Waals surface area contributed by atoms with Crippen LogP contribution in [0.15, 0.2) is 4.42 Å².